The highest BCUT2D eigenvalue weighted by Gasteiger charge is 2.08. The van der Waals surface area contributed by atoms with Crippen LogP contribution < -0.4 is 15.6 Å². The second kappa shape index (κ2) is 7.27. The summed E-state index contributed by atoms with van der Waals surface area (Å²) in [7, 11) is 1.49. The lowest BCUT2D eigenvalue weighted by Crippen LogP contribution is -2.62. The molecule has 0 saturated heterocycles. The summed E-state index contributed by atoms with van der Waals surface area (Å²) in [6.45, 7) is 2.00. The van der Waals surface area contributed by atoms with Gasteiger partial charge in [-0.3, -0.25) is 0 Å². The lowest BCUT2D eigenvalue weighted by atomic mass is 10.2. The maximum Gasteiger partial charge on any atom is 0.225 e. The molecule has 0 radical (unpaired) electrons. The Morgan fingerprint density at radius 3 is 3.00 bits per heavy atom. The second-order valence-electron chi connectivity index (χ2n) is 3.21. The average Bonchev–Trinajstić information content (AvgIpc) is 2.33. The predicted octanol–water partition coefficient (Wildman–Crippen LogP) is 0.646. The number of halogens is 1. The third-order valence-electron chi connectivity index (χ3n) is 1.97. The van der Waals surface area contributed by atoms with E-state index in [0.717, 1.165) is 11.3 Å². The average molecular weight is 333 g/mol. The first-order valence-electron chi connectivity index (χ1n) is 5.19. The Morgan fingerprint density at radius 2 is 2.39 bits per heavy atom. The highest BCUT2D eigenvalue weighted by molar-refractivity contribution is 9.10. The van der Waals surface area contributed by atoms with Gasteiger partial charge in [0.1, 0.15) is 0 Å². The molecule has 7 heteroatoms. The number of nitrogens with two attached hydrogens (primary N) is 1. The number of ether oxygens (including phenoxy) is 1. The van der Waals surface area contributed by atoms with Crippen LogP contribution >= 0.6 is 27.7 Å². The summed E-state index contributed by atoms with van der Waals surface area (Å²) in [6.07, 6.45) is 1.66. The summed E-state index contributed by atoms with van der Waals surface area (Å²) in [4.78, 5) is 0. The number of phenols is 1. The Morgan fingerprint density at radius 1 is 1.67 bits per heavy atom. The molecule has 4 N–H and O–H groups in total. The van der Waals surface area contributed by atoms with E-state index in [9.17, 15) is 5.11 Å². The van der Waals surface area contributed by atoms with E-state index < -0.39 is 0 Å². The minimum absolute atomic E-state index is 0.0687. The number of benzene rings is 1. The van der Waals surface area contributed by atoms with Crippen LogP contribution in [0.2, 0.25) is 0 Å². The van der Waals surface area contributed by atoms with E-state index in [1.165, 1.54) is 18.9 Å². The molecule has 0 fully saturated rings. The first-order valence-corrected chi connectivity index (χ1v) is 6.97. The van der Waals surface area contributed by atoms with Gasteiger partial charge in [0.15, 0.2) is 11.5 Å². The Kier molecular flexibility index (Phi) is 6.00. The number of nitrogens with one attached hydrogen (secondary N) is 1. The number of aromatic hydroxyl groups is 1. The number of hydrogen-bond acceptors (Lipinski definition) is 4. The van der Waals surface area contributed by atoms with Crippen molar-refractivity contribution in [3.8, 4) is 11.5 Å². The zero-order chi connectivity index (χ0) is 13.5. The van der Waals surface area contributed by atoms with Crippen LogP contribution in [0.5, 0.6) is 11.5 Å². The predicted molar refractivity (Wildman–Crippen MR) is 78.2 cm³/mol. The molecule has 1 rings (SSSR count). The maximum atomic E-state index is 9.65. The standard InChI is InChI=1S/C11H14BrN3O2S/c1-3-18-11(13)15-14-6-7-4-8(12)10(16)9(5-7)17-2/h4-6,16H,3H2,1-2H3,(H2,13,15)/p+1/b14-6+. The van der Waals surface area contributed by atoms with Crippen LogP contribution in [0.4, 0.5) is 0 Å². The van der Waals surface area contributed by atoms with Gasteiger partial charge in [0, 0.05) is 10.7 Å². The van der Waals surface area contributed by atoms with Crippen molar-refractivity contribution in [1.29, 1.82) is 0 Å². The fourth-order valence-corrected chi connectivity index (χ4v) is 2.06. The van der Waals surface area contributed by atoms with Crippen LogP contribution in [-0.2, 0) is 0 Å². The monoisotopic (exact) mass is 332 g/mol. The van der Waals surface area contributed by atoms with Crippen molar-refractivity contribution in [3.05, 3.63) is 22.2 Å². The molecular formula is C11H15BrN3O2S+. The highest BCUT2D eigenvalue weighted by Crippen LogP contribution is 2.34. The van der Waals surface area contributed by atoms with E-state index in [2.05, 4.69) is 26.1 Å². The lowest BCUT2D eigenvalue weighted by molar-refractivity contribution is -0.456. The first-order chi connectivity index (χ1) is 8.58. The Hall–Kier alpha value is -1.21. The van der Waals surface area contributed by atoms with E-state index in [0.29, 0.717) is 15.4 Å². The van der Waals surface area contributed by atoms with Crippen LogP contribution in [0.25, 0.3) is 0 Å². The summed E-state index contributed by atoms with van der Waals surface area (Å²) in [5, 5.41) is 16.8. The molecule has 98 valence electrons. The fraction of sp³-hybridized carbons (Fsp3) is 0.273. The van der Waals surface area contributed by atoms with Gasteiger partial charge in [0.2, 0.25) is 11.4 Å². The van der Waals surface area contributed by atoms with Gasteiger partial charge in [0.05, 0.1) is 11.6 Å². The van der Waals surface area contributed by atoms with Gasteiger partial charge in [-0.2, -0.15) is 0 Å². The van der Waals surface area contributed by atoms with E-state index in [1.807, 2.05) is 6.92 Å². The SMILES string of the molecule is CCSC(N)=N/[NH+]=C/c1cc(Br)c(O)c(OC)c1. The summed E-state index contributed by atoms with van der Waals surface area (Å²) in [5.41, 5.74) is 6.42. The zero-order valence-corrected chi connectivity index (χ0v) is 12.5. The van der Waals surface area contributed by atoms with Crippen molar-refractivity contribution in [2.24, 2.45) is 10.8 Å². The molecule has 0 bridgehead atoms. The zero-order valence-electron chi connectivity index (χ0n) is 10.1. The Labute approximate surface area is 118 Å². The lowest BCUT2D eigenvalue weighted by Gasteiger charge is -2.04. The molecule has 1 aromatic rings. The first kappa shape index (κ1) is 14.8. The molecule has 0 heterocycles. The van der Waals surface area contributed by atoms with E-state index in [1.54, 1.807) is 18.3 Å². The second-order valence-corrected chi connectivity index (χ2v) is 5.35. The summed E-state index contributed by atoms with van der Waals surface area (Å²) < 4.78 is 5.59. The van der Waals surface area contributed by atoms with Gasteiger partial charge in [0.25, 0.3) is 0 Å². The molecule has 0 unspecified atom stereocenters. The Bertz CT molecular complexity index is 478. The van der Waals surface area contributed by atoms with Crippen LogP contribution in [0.15, 0.2) is 21.7 Å². The van der Waals surface area contributed by atoms with Gasteiger partial charge in [-0.25, -0.2) is 0 Å². The minimum Gasteiger partial charge on any atom is -0.503 e. The van der Waals surface area contributed by atoms with Gasteiger partial charge >= 0.3 is 0 Å². The normalized spacial score (nSPS) is 12.1. The quantitative estimate of drug-likeness (QED) is 0.429. The Balaban J connectivity index is 2.88. The molecule has 0 atom stereocenters. The summed E-state index contributed by atoms with van der Waals surface area (Å²) in [5.74, 6) is 1.33. The molecule has 0 aliphatic heterocycles. The van der Waals surface area contributed by atoms with Crippen LogP contribution in [0.3, 0.4) is 0 Å². The smallest absolute Gasteiger partial charge is 0.225 e. The maximum absolute atomic E-state index is 9.65. The number of thioether (sulfide) groups is 1. The van der Waals surface area contributed by atoms with E-state index >= 15 is 0 Å². The fourth-order valence-electron chi connectivity index (χ4n) is 1.18. The molecular weight excluding hydrogens is 318 g/mol. The number of rotatable bonds is 4. The van der Waals surface area contributed by atoms with Gasteiger partial charge in [-0.15, -0.1) is 5.10 Å². The number of hydrazone groups is 1. The topological polar surface area (TPSA) is 81.8 Å². The van der Waals surface area contributed by atoms with Crippen molar-refractivity contribution >= 4 is 39.1 Å². The number of phenolic OH excluding ortho intramolecular Hbond substituents is 1. The van der Waals surface area contributed by atoms with Crippen LogP contribution in [0.1, 0.15) is 12.5 Å². The number of nitrogens with zero attached hydrogens (tertiary/aromatic N) is 1. The van der Waals surface area contributed by atoms with Crippen molar-refractivity contribution in [1.82, 2.24) is 0 Å². The minimum atomic E-state index is 0.0687. The summed E-state index contributed by atoms with van der Waals surface area (Å²) >= 11 is 4.69. The molecule has 0 amide bonds. The van der Waals surface area contributed by atoms with Crippen molar-refractivity contribution in [3.63, 3.8) is 0 Å². The third kappa shape index (κ3) is 4.23. The summed E-state index contributed by atoms with van der Waals surface area (Å²) in [6, 6.07) is 3.43. The van der Waals surface area contributed by atoms with E-state index in [4.69, 9.17) is 10.5 Å². The van der Waals surface area contributed by atoms with Crippen molar-refractivity contribution in [2.45, 2.75) is 6.92 Å². The third-order valence-corrected chi connectivity index (χ3v) is 3.25. The number of methoxy groups -OCH3 is 1. The van der Waals surface area contributed by atoms with Gasteiger partial charge < -0.3 is 15.6 Å². The highest BCUT2D eigenvalue weighted by atomic mass is 79.9. The molecule has 5 nitrogen and oxygen atoms in total. The van der Waals surface area contributed by atoms with Gasteiger partial charge in [-0.05, 0) is 33.8 Å². The van der Waals surface area contributed by atoms with Crippen LogP contribution in [0, 0.1) is 0 Å². The molecule has 0 saturated carbocycles. The molecule has 0 aromatic heterocycles. The number of hydrogen-bond donors (Lipinski definition) is 3. The van der Waals surface area contributed by atoms with Crippen molar-refractivity contribution in [2.75, 3.05) is 12.9 Å². The molecule has 18 heavy (non-hydrogen) atoms. The van der Waals surface area contributed by atoms with Gasteiger partial charge in [-0.1, -0.05) is 18.7 Å². The molecule has 0 aliphatic rings. The van der Waals surface area contributed by atoms with Crippen molar-refractivity contribution < 1.29 is 14.9 Å². The molecule has 0 aliphatic carbocycles. The molecule has 1 aromatic carbocycles. The molecule has 0 spiro atoms. The number of amidine groups is 1. The van der Waals surface area contributed by atoms with Crippen LogP contribution in [-0.4, -0.2) is 29.4 Å². The van der Waals surface area contributed by atoms with E-state index in [-0.39, 0.29) is 5.75 Å². The largest absolute Gasteiger partial charge is 0.503 e.